The molecular formula is C42H45F3N8O6. The number of hydrogen-bond acceptors (Lipinski definition) is 12. The molecule has 310 valence electrons. The number of nitrogens with one attached hydrogen (secondary N) is 2. The lowest BCUT2D eigenvalue weighted by Gasteiger charge is -2.24. The minimum atomic E-state index is -1.23. The molecule has 17 heteroatoms. The van der Waals surface area contributed by atoms with Gasteiger partial charge in [0, 0.05) is 79.3 Å². The number of anilines is 2. The fourth-order valence-electron chi connectivity index (χ4n) is 9.08. The SMILES string of the molecule is Nc1ccnc2c1c(F)cn2C1CC(Oc2cc(F)cc3c2CNCC3)[C@@H](O)[C@H]1O.Nc1ccnc2c1c(F)cn2C1CC(Oc2cccc3c2CNCC3)[C@@H](O)[C@H]1O. The lowest BCUT2D eigenvalue weighted by molar-refractivity contribution is -0.0167. The summed E-state index contributed by atoms with van der Waals surface area (Å²) in [6.45, 7) is 2.92. The van der Waals surface area contributed by atoms with Crippen molar-refractivity contribution in [2.24, 2.45) is 0 Å². The number of hydrogen-bond donors (Lipinski definition) is 8. The molecule has 4 aromatic heterocycles. The third-order valence-electron chi connectivity index (χ3n) is 12.1. The number of aromatic nitrogens is 4. The van der Waals surface area contributed by atoms with Crippen LogP contribution < -0.4 is 31.6 Å². The third-order valence-corrected chi connectivity index (χ3v) is 12.1. The number of rotatable bonds is 6. The van der Waals surface area contributed by atoms with E-state index >= 15 is 0 Å². The Bertz CT molecular complexity index is 2530. The fraction of sp³-hybridized carbons (Fsp3) is 0.381. The molecular weight excluding hydrogens is 770 g/mol. The number of halogens is 3. The van der Waals surface area contributed by atoms with E-state index in [-0.39, 0.29) is 34.2 Å². The second kappa shape index (κ2) is 15.6. The molecule has 0 radical (unpaired) electrons. The van der Waals surface area contributed by atoms with Gasteiger partial charge in [0.2, 0.25) is 0 Å². The van der Waals surface area contributed by atoms with Crippen molar-refractivity contribution in [1.82, 2.24) is 29.7 Å². The number of nitrogens with two attached hydrogens (primary N) is 2. The van der Waals surface area contributed by atoms with Gasteiger partial charge in [0.15, 0.2) is 11.6 Å². The third kappa shape index (κ3) is 7.00. The molecule has 0 saturated heterocycles. The molecule has 10 N–H and O–H groups in total. The summed E-state index contributed by atoms with van der Waals surface area (Å²) in [6.07, 6.45) is 1.53. The van der Waals surface area contributed by atoms with Gasteiger partial charge in [0.1, 0.15) is 65.2 Å². The Hall–Kier alpha value is -5.43. The van der Waals surface area contributed by atoms with E-state index in [4.69, 9.17) is 20.9 Å². The predicted molar refractivity (Wildman–Crippen MR) is 212 cm³/mol. The van der Waals surface area contributed by atoms with Crippen molar-refractivity contribution in [3.8, 4) is 11.5 Å². The summed E-state index contributed by atoms with van der Waals surface area (Å²) in [5, 5.41) is 49.6. The molecule has 2 aromatic carbocycles. The monoisotopic (exact) mass is 814 g/mol. The lowest BCUT2D eigenvalue weighted by atomic mass is 10.00. The van der Waals surface area contributed by atoms with Crippen LogP contribution in [0.3, 0.4) is 0 Å². The predicted octanol–water partition coefficient (Wildman–Crippen LogP) is 3.17. The van der Waals surface area contributed by atoms with Crippen molar-refractivity contribution in [2.75, 3.05) is 24.6 Å². The van der Waals surface area contributed by atoms with E-state index in [2.05, 4.69) is 26.7 Å². The Morgan fingerprint density at radius 1 is 0.644 bits per heavy atom. The number of aliphatic hydroxyl groups excluding tert-OH is 4. The first-order valence-electron chi connectivity index (χ1n) is 19.7. The van der Waals surface area contributed by atoms with Crippen LogP contribution in [0, 0.1) is 17.5 Å². The topological polar surface area (TPSA) is 211 Å². The quantitative estimate of drug-likeness (QED) is 0.122. The summed E-state index contributed by atoms with van der Waals surface area (Å²) in [5.74, 6) is -0.405. The molecule has 10 rings (SSSR count). The molecule has 0 amide bonds. The van der Waals surface area contributed by atoms with Gasteiger partial charge in [0.25, 0.3) is 0 Å². The maximum absolute atomic E-state index is 14.5. The Kier molecular flexibility index (Phi) is 10.3. The zero-order valence-electron chi connectivity index (χ0n) is 31.8. The van der Waals surface area contributed by atoms with Crippen molar-refractivity contribution in [2.45, 2.75) is 87.5 Å². The molecule has 6 aromatic rings. The van der Waals surface area contributed by atoms with Crippen LogP contribution >= 0.6 is 0 Å². The van der Waals surface area contributed by atoms with E-state index < -0.39 is 66.2 Å². The fourth-order valence-corrected chi connectivity index (χ4v) is 9.08. The molecule has 0 bridgehead atoms. The number of benzene rings is 2. The van der Waals surface area contributed by atoms with Crippen molar-refractivity contribution in [3.05, 3.63) is 107 Å². The maximum Gasteiger partial charge on any atom is 0.152 e. The van der Waals surface area contributed by atoms with Crippen LogP contribution in [0.25, 0.3) is 22.1 Å². The molecule has 59 heavy (non-hydrogen) atoms. The summed E-state index contributed by atoms with van der Waals surface area (Å²) in [5.41, 5.74) is 16.9. The zero-order valence-corrected chi connectivity index (χ0v) is 31.8. The van der Waals surface area contributed by atoms with Crippen LogP contribution in [0.1, 0.15) is 47.2 Å². The molecule has 2 aliphatic carbocycles. The largest absolute Gasteiger partial charge is 0.487 e. The molecule has 0 spiro atoms. The number of ether oxygens (including phenoxy) is 2. The van der Waals surface area contributed by atoms with E-state index in [0.717, 1.165) is 36.2 Å². The highest BCUT2D eigenvalue weighted by Gasteiger charge is 2.46. The molecule has 2 saturated carbocycles. The van der Waals surface area contributed by atoms with Crippen LogP contribution in [0.5, 0.6) is 11.5 Å². The molecule has 2 fully saturated rings. The molecule has 4 aliphatic rings. The zero-order chi connectivity index (χ0) is 41.1. The Morgan fingerprint density at radius 3 is 1.71 bits per heavy atom. The number of pyridine rings is 2. The standard InChI is InChI=1S/C21H22F2N4O3.C21H23FN4O3/c22-11-5-10-1-3-25-8-12(10)16(6-11)30-17-7-15(19(28)20(17)29)27-9-13(23)18-14(24)2-4-26-21(18)27;22-13-10-26(21-18(13)14(23)5-7-25-21)15-8-17(20(28)19(15)27)29-16-3-1-2-11-4-6-24-9-12(11)16/h2,4-6,9,15,17,19-20,25,28-29H,1,3,7-8H2,(H2,24,26);1-3,5,7,10,15,17,19-20,24,27-28H,4,6,8-9H2,(H2,23,25)/t2*15?,17?,19-,20+/m00/s1. The van der Waals surface area contributed by atoms with Gasteiger partial charge < -0.3 is 61.1 Å². The van der Waals surface area contributed by atoms with E-state index in [1.807, 2.05) is 12.1 Å². The second-order valence-electron chi connectivity index (χ2n) is 15.6. The molecule has 8 atom stereocenters. The summed E-state index contributed by atoms with van der Waals surface area (Å²) in [7, 11) is 0. The average Bonchev–Trinajstić information content (AvgIpc) is 3.93. The first-order chi connectivity index (χ1) is 28.5. The van der Waals surface area contributed by atoms with Gasteiger partial charge in [0.05, 0.1) is 22.9 Å². The van der Waals surface area contributed by atoms with E-state index in [9.17, 15) is 33.6 Å². The van der Waals surface area contributed by atoms with Gasteiger partial charge in [-0.05, 0) is 61.3 Å². The van der Waals surface area contributed by atoms with Gasteiger partial charge in [-0.25, -0.2) is 23.1 Å². The number of fused-ring (bicyclic) bond motifs is 4. The normalized spacial score (nSPS) is 26.4. The van der Waals surface area contributed by atoms with Gasteiger partial charge in [-0.3, -0.25) is 0 Å². The highest BCUT2D eigenvalue weighted by Crippen LogP contribution is 2.40. The smallest absolute Gasteiger partial charge is 0.152 e. The van der Waals surface area contributed by atoms with Gasteiger partial charge in [-0.15, -0.1) is 0 Å². The Labute approximate surface area is 336 Å². The summed E-state index contributed by atoms with van der Waals surface area (Å²) in [4.78, 5) is 8.43. The van der Waals surface area contributed by atoms with Crippen LogP contribution in [0.4, 0.5) is 24.5 Å². The molecule has 2 aliphatic heterocycles. The van der Waals surface area contributed by atoms with E-state index in [1.165, 1.54) is 59.2 Å². The molecule has 14 nitrogen and oxygen atoms in total. The minimum absolute atomic E-state index is 0.175. The van der Waals surface area contributed by atoms with Crippen molar-refractivity contribution in [1.29, 1.82) is 0 Å². The minimum Gasteiger partial charge on any atom is -0.487 e. The first-order valence-corrected chi connectivity index (χ1v) is 19.7. The van der Waals surface area contributed by atoms with Gasteiger partial charge >= 0.3 is 0 Å². The van der Waals surface area contributed by atoms with Crippen LogP contribution in [0.2, 0.25) is 0 Å². The Balaban J connectivity index is 0.000000152. The molecule has 4 unspecified atom stereocenters. The summed E-state index contributed by atoms with van der Waals surface area (Å²) < 4.78 is 58.2. The highest BCUT2D eigenvalue weighted by atomic mass is 19.1. The van der Waals surface area contributed by atoms with Gasteiger partial charge in [-0.1, -0.05) is 12.1 Å². The summed E-state index contributed by atoms with van der Waals surface area (Å²) in [6, 6.07) is 10.5. The number of nitrogen functional groups attached to an aromatic ring is 2. The van der Waals surface area contributed by atoms with E-state index in [1.54, 1.807) is 4.57 Å². The maximum atomic E-state index is 14.5. The lowest BCUT2D eigenvalue weighted by Crippen LogP contribution is -2.35. The van der Waals surface area contributed by atoms with Crippen molar-refractivity contribution < 1.29 is 43.1 Å². The number of nitrogens with zero attached hydrogens (tertiary/aromatic N) is 4. The summed E-state index contributed by atoms with van der Waals surface area (Å²) >= 11 is 0. The highest BCUT2D eigenvalue weighted by molar-refractivity contribution is 5.90. The Morgan fingerprint density at radius 2 is 1.15 bits per heavy atom. The van der Waals surface area contributed by atoms with Crippen LogP contribution in [0.15, 0.2) is 67.3 Å². The average molecular weight is 815 g/mol. The first kappa shape index (κ1) is 39.1. The molecule has 6 heterocycles. The number of aliphatic hydroxyl groups is 4. The van der Waals surface area contributed by atoms with E-state index in [0.29, 0.717) is 43.1 Å². The van der Waals surface area contributed by atoms with Crippen molar-refractivity contribution in [3.63, 3.8) is 0 Å². The second-order valence-corrected chi connectivity index (χ2v) is 15.6. The van der Waals surface area contributed by atoms with Crippen LogP contribution in [-0.2, 0) is 25.9 Å². The van der Waals surface area contributed by atoms with Crippen LogP contribution in [-0.4, -0.2) is 89.2 Å². The van der Waals surface area contributed by atoms with Crippen molar-refractivity contribution >= 4 is 33.4 Å². The van der Waals surface area contributed by atoms with Gasteiger partial charge in [-0.2, -0.15) is 0 Å².